The van der Waals surface area contributed by atoms with Crippen LogP contribution in [0.5, 0.6) is 0 Å². The fourth-order valence-electron chi connectivity index (χ4n) is 3.97. The van der Waals surface area contributed by atoms with Crippen molar-refractivity contribution >= 4 is 5.52 Å². The fourth-order valence-corrected chi connectivity index (χ4v) is 3.97. The van der Waals surface area contributed by atoms with Crippen LogP contribution in [0.3, 0.4) is 0 Å². The maximum atomic E-state index is 4.80. The van der Waals surface area contributed by atoms with E-state index in [0.29, 0.717) is 6.04 Å². The second kappa shape index (κ2) is 5.71. The van der Waals surface area contributed by atoms with Crippen molar-refractivity contribution < 1.29 is 0 Å². The van der Waals surface area contributed by atoms with Gasteiger partial charge in [0.1, 0.15) is 0 Å². The van der Waals surface area contributed by atoms with Crippen LogP contribution >= 0.6 is 0 Å². The molecule has 2 fully saturated rings. The van der Waals surface area contributed by atoms with E-state index >= 15 is 0 Å². The zero-order chi connectivity index (χ0) is 15.9. The highest BCUT2D eigenvalue weighted by atomic mass is 15.2. The lowest BCUT2D eigenvalue weighted by molar-refractivity contribution is 0.244. The van der Waals surface area contributed by atoms with Gasteiger partial charge in [-0.2, -0.15) is 0 Å². The molecule has 24 heavy (non-hydrogen) atoms. The van der Waals surface area contributed by atoms with Gasteiger partial charge in [0.15, 0.2) is 0 Å². The normalized spacial score (nSPS) is 21.6. The van der Waals surface area contributed by atoms with Crippen molar-refractivity contribution in [3.63, 3.8) is 0 Å². The van der Waals surface area contributed by atoms with Gasteiger partial charge in [0.2, 0.25) is 0 Å². The largest absolute Gasteiger partial charge is 0.305 e. The van der Waals surface area contributed by atoms with Gasteiger partial charge in [-0.3, -0.25) is 9.88 Å². The third kappa shape index (κ3) is 2.51. The molecular weight excluding hydrogens is 296 g/mol. The predicted molar refractivity (Wildman–Crippen MR) is 94.7 cm³/mol. The molecule has 0 spiro atoms. The molecule has 0 N–H and O–H groups in total. The van der Waals surface area contributed by atoms with Gasteiger partial charge in [-0.1, -0.05) is 12.1 Å². The van der Waals surface area contributed by atoms with Gasteiger partial charge >= 0.3 is 0 Å². The SMILES string of the molecule is c1cncc(-c2ccc3c(C4CCCN4CC4CC4)ncn3c2)c1. The van der Waals surface area contributed by atoms with Crippen LogP contribution in [-0.2, 0) is 0 Å². The molecular formula is C20H22N4. The van der Waals surface area contributed by atoms with E-state index in [4.69, 9.17) is 4.98 Å². The van der Waals surface area contributed by atoms with E-state index in [2.05, 4.69) is 38.7 Å². The van der Waals surface area contributed by atoms with Gasteiger partial charge in [0, 0.05) is 30.7 Å². The minimum Gasteiger partial charge on any atom is -0.305 e. The van der Waals surface area contributed by atoms with Crippen LogP contribution in [0.2, 0.25) is 0 Å². The number of hydrogen-bond acceptors (Lipinski definition) is 3. The Morgan fingerprint density at radius 1 is 1.08 bits per heavy atom. The molecule has 2 aliphatic rings. The Labute approximate surface area is 142 Å². The van der Waals surface area contributed by atoms with Gasteiger partial charge in [-0.15, -0.1) is 0 Å². The molecule has 1 aliphatic carbocycles. The smallest absolute Gasteiger partial charge is 0.0996 e. The highest BCUT2D eigenvalue weighted by Crippen LogP contribution is 2.38. The number of aromatic nitrogens is 3. The first-order chi connectivity index (χ1) is 11.9. The van der Waals surface area contributed by atoms with Crippen molar-refractivity contribution in [3.8, 4) is 11.1 Å². The first-order valence-electron chi connectivity index (χ1n) is 8.99. The third-order valence-corrected chi connectivity index (χ3v) is 5.42. The summed E-state index contributed by atoms with van der Waals surface area (Å²) >= 11 is 0. The molecule has 0 radical (unpaired) electrons. The Morgan fingerprint density at radius 2 is 2.04 bits per heavy atom. The van der Waals surface area contributed by atoms with Gasteiger partial charge in [-0.05, 0) is 55.8 Å². The minimum atomic E-state index is 0.500. The Hall–Kier alpha value is -2.20. The highest BCUT2D eigenvalue weighted by Gasteiger charge is 2.33. The first kappa shape index (κ1) is 14.2. The predicted octanol–water partition coefficient (Wildman–Crippen LogP) is 3.94. The third-order valence-electron chi connectivity index (χ3n) is 5.42. The van der Waals surface area contributed by atoms with E-state index in [9.17, 15) is 0 Å². The zero-order valence-corrected chi connectivity index (χ0v) is 13.8. The second-order valence-corrected chi connectivity index (χ2v) is 7.18. The quantitative estimate of drug-likeness (QED) is 0.730. The fraction of sp³-hybridized carbons (Fsp3) is 0.400. The van der Waals surface area contributed by atoms with E-state index in [0.717, 1.165) is 11.5 Å². The van der Waals surface area contributed by atoms with E-state index in [1.807, 2.05) is 24.8 Å². The van der Waals surface area contributed by atoms with Gasteiger partial charge in [-0.25, -0.2) is 4.98 Å². The molecule has 3 aromatic heterocycles. The molecule has 1 aliphatic heterocycles. The van der Waals surface area contributed by atoms with E-state index in [-0.39, 0.29) is 0 Å². The topological polar surface area (TPSA) is 33.4 Å². The zero-order valence-electron chi connectivity index (χ0n) is 13.8. The Bertz CT molecular complexity index is 850. The number of hydrogen-bond donors (Lipinski definition) is 0. The van der Waals surface area contributed by atoms with Crippen molar-refractivity contribution in [2.45, 2.75) is 31.7 Å². The van der Waals surface area contributed by atoms with Crippen LogP contribution < -0.4 is 0 Å². The minimum absolute atomic E-state index is 0.500. The summed E-state index contributed by atoms with van der Waals surface area (Å²) in [5, 5.41) is 0. The van der Waals surface area contributed by atoms with Gasteiger partial charge < -0.3 is 4.40 Å². The second-order valence-electron chi connectivity index (χ2n) is 7.18. The van der Waals surface area contributed by atoms with E-state index in [1.54, 1.807) is 0 Å². The van der Waals surface area contributed by atoms with Crippen molar-refractivity contribution in [2.24, 2.45) is 5.92 Å². The summed E-state index contributed by atoms with van der Waals surface area (Å²) in [5.41, 5.74) is 4.83. The summed E-state index contributed by atoms with van der Waals surface area (Å²) in [6.07, 6.45) is 13.2. The summed E-state index contributed by atoms with van der Waals surface area (Å²) in [4.78, 5) is 11.7. The van der Waals surface area contributed by atoms with Crippen molar-refractivity contribution in [1.29, 1.82) is 0 Å². The van der Waals surface area contributed by atoms with Crippen LogP contribution in [-0.4, -0.2) is 32.4 Å². The number of likely N-dealkylation sites (tertiary alicyclic amines) is 1. The van der Waals surface area contributed by atoms with Crippen LogP contribution in [0.15, 0.2) is 49.2 Å². The first-order valence-corrected chi connectivity index (χ1v) is 8.99. The molecule has 1 saturated heterocycles. The lowest BCUT2D eigenvalue weighted by Gasteiger charge is -2.23. The number of pyridine rings is 2. The molecule has 0 bridgehead atoms. The maximum Gasteiger partial charge on any atom is 0.0996 e. The van der Waals surface area contributed by atoms with E-state index in [1.165, 1.54) is 55.5 Å². The van der Waals surface area contributed by atoms with Crippen LogP contribution in [0.25, 0.3) is 16.6 Å². The van der Waals surface area contributed by atoms with Crippen molar-refractivity contribution in [2.75, 3.05) is 13.1 Å². The number of nitrogens with zero attached hydrogens (tertiary/aromatic N) is 4. The van der Waals surface area contributed by atoms with Gasteiger partial charge in [0.25, 0.3) is 0 Å². The molecule has 1 unspecified atom stereocenters. The molecule has 122 valence electrons. The molecule has 4 nitrogen and oxygen atoms in total. The van der Waals surface area contributed by atoms with Crippen LogP contribution in [0, 0.1) is 5.92 Å². The molecule has 4 heteroatoms. The molecule has 1 atom stereocenters. The summed E-state index contributed by atoms with van der Waals surface area (Å²) < 4.78 is 2.17. The Kier molecular flexibility index (Phi) is 3.37. The van der Waals surface area contributed by atoms with Crippen LogP contribution in [0.4, 0.5) is 0 Å². The Balaban J connectivity index is 1.49. The summed E-state index contributed by atoms with van der Waals surface area (Å²) in [5.74, 6) is 0.941. The lowest BCUT2D eigenvalue weighted by Crippen LogP contribution is -2.25. The maximum absolute atomic E-state index is 4.80. The average Bonchev–Trinajstić information content (AvgIpc) is 3.16. The molecule has 1 saturated carbocycles. The summed E-state index contributed by atoms with van der Waals surface area (Å²) in [7, 11) is 0. The molecule has 0 aromatic carbocycles. The Morgan fingerprint density at radius 3 is 2.88 bits per heavy atom. The van der Waals surface area contributed by atoms with Crippen molar-refractivity contribution in [3.05, 3.63) is 54.9 Å². The highest BCUT2D eigenvalue weighted by molar-refractivity contribution is 5.66. The number of rotatable bonds is 4. The average molecular weight is 318 g/mol. The standard InChI is InChI=1S/C20H22N4/c1-3-16(11-21-9-1)17-7-8-19-20(22-14-24(19)13-17)18-4-2-10-23(18)12-15-5-6-15/h1,3,7-9,11,13-15,18H,2,4-6,10,12H2. The molecule has 5 rings (SSSR count). The van der Waals surface area contributed by atoms with E-state index < -0.39 is 0 Å². The number of fused-ring (bicyclic) bond motifs is 1. The summed E-state index contributed by atoms with van der Waals surface area (Å²) in [6, 6.07) is 8.99. The summed E-state index contributed by atoms with van der Waals surface area (Å²) in [6.45, 7) is 2.49. The monoisotopic (exact) mass is 318 g/mol. The molecule has 4 heterocycles. The molecule has 3 aromatic rings. The van der Waals surface area contributed by atoms with Gasteiger partial charge in [0.05, 0.1) is 23.6 Å². The molecule has 0 amide bonds. The van der Waals surface area contributed by atoms with Crippen LogP contribution in [0.1, 0.15) is 37.4 Å². The van der Waals surface area contributed by atoms with Crippen molar-refractivity contribution in [1.82, 2.24) is 19.3 Å². The number of imidazole rings is 1. The lowest BCUT2D eigenvalue weighted by atomic mass is 10.1.